The molecule has 0 bridgehead atoms. The van der Waals surface area contributed by atoms with Gasteiger partial charge in [0.25, 0.3) is 0 Å². The van der Waals surface area contributed by atoms with Crippen LogP contribution in [0.5, 0.6) is 0 Å². The molecule has 3 heteroatoms. The van der Waals surface area contributed by atoms with E-state index in [1.54, 1.807) is 6.26 Å². The van der Waals surface area contributed by atoms with Crippen molar-refractivity contribution >= 4 is 27.6 Å². The van der Waals surface area contributed by atoms with Gasteiger partial charge in [-0.2, -0.15) is 0 Å². The average Bonchev–Trinajstić information content (AvgIpc) is 3.10. The topological polar surface area (TPSA) is 33.5 Å². The highest BCUT2D eigenvalue weighted by Crippen LogP contribution is 2.30. The van der Waals surface area contributed by atoms with Crippen LogP contribution in [0.3, 0.4) is 0 Å². The Bertz CT molecular complexity index is 1050. The molecule has 1 heterocycles. The molecule has 3 aromatic carbocycles. The highest BCUT2D eigenvalue weighted by atomic mass is 16.3. The fourth-order valence-electron chi connectivity index (χ4n) is 3.46. The molecule has 0 spiro atoms. The summed E-state index contributed by atoms with van der Waals surface area (Å²) in [5.41, 5.74) is 2.93. The normalized spacial score (nSPS) is 11.1. The molecule has 3 nitrogen and oxygen atoms in total. The zero-order chi connectivity index (χ0) is 17.9. The van der Waals surface area contributed by atoms with E-state index in [4.69, 9.17) is 4.42 Å². The van der Waals surface area contributed by atoms with Crippen LogP contribution >= 0.6 is 0 Å². The summed E-state index contributed by atoms with van der Waals surface area (Å²) in [6.45, 7) is 3.33. The number of carbonyl (C=O) groups is 1. The first-order valence-corrected chi connectivity index (χ1v) is 8.96. The van der Waals surface area contributed by atoms with Crippen LogP contribution in [0.4, 0.5) is 0 Å². The number of fused-ring (bicyclic) bond motifs is 3. The summed E-state index contributed by atoms with van der Waals surface area (Å²) in [6.07, 6.45) is 2.08. The van der Waals surface area contributed by atoms with Crippen LogP contribution in [0.2, 0.25) is 0 Å². The molecule has 0 fully saturated rings. The number of likely N-dealkylation sites (N-methyl/N-ethyl adjacent to an activating group) is 1. The molecule has 0 saturated carbocycles. The summed E-state index contributed by atoms with van der Waals surface area (Å²) in [6, 6.07) is 22.4. The van der Waals surface area contributed by atoms with Crippen LogP contribution in [-0.2, 0) is 17.8 Å². The molecule has 0 aliphatic heterocycles. The molecule has 4 rings (SSSR count). The Kier molecular flexibility index (Phi) is 4.44. The van der Waals surface area contributed by atoms with E-state index in [2.05, 4.69) is 30.3 Å². The standard InChI is InChI=1S/C23H21NO2/c1-2-24(15-17-8-4-3-5-9-17)22(25)14-19-16-26-21-13-12-18-10-6-7-11-20(18)23(19)21/h3-13,16H,2,14-15H2,1H3. The van der Waals surface area contributed by atoms with Gasteiger partial charge in [-0.3, -0.25) is 4.79 Å². The fraction of sp³-hybridized carbons (Fsp3) is 0.174. The lowest BCUT2D eigenvalue weighted by Gasteiger charge is -2.21. The minimum Gasteiger partial charge on any atom is -0.464 e. The molecular weight excluding hydrogens is 322 g/mol. The van der Waals surface area contributed by atoms with Gasteiger partial charge in [-0.15, -0.1) is 0 Å². The van der Waals surface area contributed by atoms with Crippen LogP contribution in [0, 0.1) is 0 Å². The summed E-state index contributed by atoms with van der Waals surface area (Å²) in [4.78, 5) is 14.8. The predicted molar refractivity (Wildman–Crippen MR) is 105 cm³/mol. The van der Waals surface area contributed by atoms with Gasteiger partial charge < -0.3 is 9.32 Å². The highest BCUT2D eigenvalue weighted by molar-refractivity contribution is 6.08. The number of hydrogen-bond donors (Lipinski definition) is 0. The van der Waals surface area contributed by atoms with Gasteiger partial charge in [-0.05, 0) is 29.3 Å². The maximum atomic E-state index is 12.9. The summed E-state index contributed by atoms with van der Waals surface area (Å²) in [5, 5.41) is 3.34. The predicted octanol–water partition coefficient (Wildman–Crippen LogP) is 5.18. The van der Waals surface area contributed by atoms with Gasteiger partial charge in [0.1, 0.15) is 5.58 Å². The van der Waals surface area contributed by atoms with E-state index in [0.717, 1.165) is 32.9 Å². The number of benzene rings is 3. The molecule has 0 atom stereocenters. The maximum absolute atomic E-state index is 12.9. The van der Waals surface area contributed by atoms with Gasteiger partial charge in [-0.25, -0.2) is 0 Å². The molecule has 0 saturated heterocycles. The molecule has 4 aromatic rings. The number of nitrogens with zero attached hydrogens (tertiary/aromatic N) is 1. The van der Waals surface area contributed by atoms with Crippen LogP contribution < -0.4 is 0 Å². The first-order chi connectivity index (χ1) is 12.8. The van der Waals surface area contributed by atoms with Gasteiger partial charge in [0.15, 0.2) is 0 Å². The molecule has 130 valence electrons. The Morgan fingerprint density at radius 2 is 1.73 bits per heavy atom. The van der Waals surface area contributed by atoms with Crippen molar-refractivity contribution in [2.24, 2.45) is 0 Å². The van der Waals surface area contributed by atoms with Crippen molar-refractivity contribution in [3.8, 4) is 0 Å². The SMILES string of the molecule is CCN(Cc1ccccc1)C(=O)Cc1coc2ccc3ccccc3c12. The monoisotopic (exact) mass is 343 g/mol. The summed E-state index contributed by atoms with van der Waals surface area (Å²) in [5.74, 6) is 0.118. The van der Waals surface area contributed by atoms with Crippen LogP contribution in [-0.4, -0.2) is 17.4 Å². The van der Waals surface area contributed by atoms with Crippen molar-refractivity contribution < 1.29 is 9.21 Å². The minimum absolute atomic E-state index is 0.118. The largest absolute Gasteiger partial charge is 0.464 e. The lowest BCUT2D eigenvalue weighted by molar-refractivity contribution is -0.130. The van der Waals surface area contributed by atoms with Crippen LogP contribution in [0.15, 0.2) is 77.4 Å². The summed E-state index contributed by atoms with van der Waals surface area (Å²) in [7, 11) is 0. The summed E-state index contributed by atoms with van der Waals surface area (Å²) < 4.78 is 5.72. The van der Waals surface area contributed by atoms with Crippen molar-refractivity contribution in [3.63, 3.8) is 0 Å². The number of amides is 1. The molecule has 0 N–H and O–H groups in total. The van der Waals surface area contributed by atoms with Gasteiger partial charge in [0.2, 0.25) is 5.91 Å². The number of rotatable bonds is 5. The lowest BCUT2D eigenvalue weighted by atomic mass is 10.0. The molecule has 0 aliphatic rings. The van der Waals surface area contributed by atoms with Crippen molar-refractivity contribution in [3.05, 3.63) is 84.1 Å². The third kappa shape index (κ3) is 3.08. The number of carbonyl (C=O) groups excluding carboxylic acids is 1. The number of furan rings is 1. The molecule has 0 radical (unpaired) electrons. The third-order valence-corrected chi connectivity index (χ3v) is 4.83. The smallest absolute Gasteiger partial charge is 0.227 e. The maximum Gasteiger partial charge on any atom is 0.227 e. The Hall–Kier alpha value is -3.07. The first kappa shape index (κ1) is 16.4. The molecule has 0 aliphatic carbocycles. The first-order valence-electron chi connectivity index (χ1n) is 8.96. The van der Waals surface area contributed by atoms with E-state index in [1.807, 2.05) is 48.2 Å². The Balaban J connectivity index is 1.64. The van der Waals surface area contributed by atoms with E-state index in [1.165, 1.54) is 0 Å². The van der Waals surface area contributed by atoms with Crippen LogP contribution in [0.1, 0.15) is 18.1 Å². The Morgan fingerprint density at radius 1 is 0.962 bits per heavy atom. The molecule has 0 unspecified atom stereocenters. The van der Waals surface area contributed by atoms with Gasteiger partial charge >= 0.3 is 0 Å². The third-order valence-electron chi connectivity index (χ3n) is 4.83. The van der Waals surface area contributed by atoms with Gasteiger partial charge in [0, 0.05) is 24.0 Å². The zero-order valence-electron chi connectivity index (χ0n) is 14.8. The Morgan fingerprint density at radius 3 is 2.54 bits per heavy atom. The van der Waals surface area contributed by atoms with Crippen molar-refractivity contribution in [2.45, 2.75) is 19.9 Å². The van der Waals surface area contributed by atoms with E-state index >= 15 is 0 Å². The molecular formula is C23H21NO2. The average molecular weight is 343 g/mol. The molecule has 26 heavy (non-hydrogen) atoms. The number of hydrogen-bond acceptors (Lipinski definition) is 2. The fourth-order valence-corrected chi connectivity index (χ4v) is 3.46. The van der Waals surface area contributed by atoms with Crippen molar-refractivity contribution in [1.29, 1.82) is 0 Å². The summed E-state index contributed by atoms with van der Waals surface area (Å²) >= 11 is 0. The van der Waals surface area contributed by atoms with E-state index < -0.39 is 0 Å². The molecule has 1 aromatic heterocycles. The van der Waals surface area contributed by atoms with Gasteiger partial charge in [-0.1, -0.05) is 60.7 Å². The van der Waals surface area contributed by atoms with Crippen molar-refractivity contribution in [1.82, 2.24) is 4.90 Å². The second-order valence-corrected chi connectivity index (χ2v) is 6.49. The highest BCUT2D eigenvalue weighted by Gasteiger charge is 2.17. The van der Waals surface area contributed by atoms with E-state index in [0.29, 0.717) is 19.5 Å². The Labute approximate surface area is 152 Å². The zero-order valence-corrected chi connectivity index (χ0v) is 14.8. The van der Waals surface area contributed by atoms with Gasteiger partial charge in [0.05, 0.1) is 12.7 Å². The van der Waals surface area contributed by atoms with Crippen LogP contribution in [0.25, 0.3) is 21.7 Å². The van der Waals surface area contributed by atoms with Crippen molar-refractivity contribution in [2.75, 3.05) is 6.54 Å². The van der Waals surface area contributed by atoms with E-state index in [-0.39, 0.29) is 5.91 Å². The second kappa shape index (κ2) is 7.04. The van der Waals surface area contributed by atoms with E-state index in [9.17, 15) is 4.79 Å². The second-order valence-electron chi connectivity index (χ2n) is 6.49. The lowest BCUT2D eigenvalue weighted by Crippen LogP contribution is -2.31. The quantitative estimate of drug-likeness (QED) is 0.500. The minimum atomic E-state index is 0.118. The molecule has 1 amide bonds.